The quantitative estimate of drug-likeness (QED) is 0.149. The van der Waals surface area contributed by atoms with Crippen molar-refractivity contribution in [1.82, 2.24) is 14.5 Å². The summed E-state index contributed by atoms with van der Waals surface area (Å²) in [6, 6.07) is 6.07. The number of nitrogens with zero attached hydrogens (tertiary/aromatic N) is 3. The number of aliphatic imine (C=N–C) groups is 1. The van der Waals surface area contributed by atoms with E-state index >= 15 is 0 Å². The second-order valence-corrected chi connectivity index (χ2v) is 15.3. The van der Waals surface area contributed by atoms with Crippen LogP contribution in [0.3, 0.4) is 0 Å². The van der Waals surface area contributed by atoms with Gasteiger partial charge in [0, 0.05) is 43.7 Å². The maximum Gasteiger partial charge on any atom is 0.453 e. The third-order valence-electron chi connectivity index (χ3n) is 10.1. The first-order valence-corrected chi connectivity index (χ1v) is 18.5. The van der Waals surface area contributed by atoms with Crippen LogP contribution in [0.25, 0.3) is 6.08 Å². The van der Waals surface area contributed by atoms with Crippen molar-refractivity contribution in [2.45, 2.75) is 81.8 Å². The number of aryl methyl sites for hydroxylation is 2. The topological polar surface area (TPSA) is 118 Å². The highest BCUT2D eigenvalue weighted by atomic mass is 32.2. The van der Waals surface area contributed by atoms with Crippen molar-refractivity contribution in [2.75, 3.05) is 39.5 Å². The standard InChI is InChI=1S/C36H39F9N4O5S/c1-22-18-25(30(50)48-12-8-32(52,21-37)9-13-48)19-23(2)26(22)6-17-55(53)49-14-10-33(11-15-49)31(51)46-29(47-33)24-4-5-28(27(20-24)35(40,41)42)54-16-3-7-34(38,39)36(43,44)45/h4-6,17-20,52H,3,7-16,21H2,1-2H3,(H,46,47,51)/b17-6+. The molecule has 3 aliphatic heterocycles. The molecule has 2 aromatic rings. The number of piperidine rings is 2. The number of amides is 2. The molecule has 0 aromatic heterocycles. The maximum atomic E-state index is 13.9. The summed E-state index contributed by atoms with van der Waals surface area (Å²) in [6.07, 6.45) is -11.2. The minimum absolute atomic E-state index is 0.0892. The first-order valence-electron chi connectivity index (χ1n) is 17.3. The molecule has 19 heteroatoms. The number of alkyl halides is 9. The van der Waals surface area contributed by atoms with Crippen LogP contribution >= 0.6 is 0 Å². The van der Waals surface area contributed by atoms with Gasteiger partial charge in [0.05, 0.1) is 29.1 Å². The van der Waals surface area contributed by atoms with E-state index < -0.39 is 84.1 Å². The lowest BCUT2D eigenvalue weighted by Gasteiger charge is -2.36. The third-order valence-corrected chi connectivity index (χ3v) is 11.3. The van der Waals surface area contributed by atoms with Crippen LogP contribution < -0.4 is 10.1 Å². The lowest BCUT2D eigenvalue weighted by Crippen LogP contribution is -2.50. The largest absolute Gasteiger partial charge is 0.593 e. The molecule has 302 valence electrons. The zero-order chi connectivity index (χ0) is 40.6. The Kier molecular flexibility index (Phi) is 12.3. The van der Waals surface area contributed by atoms with Gasteiger partial charge in [-0.05, 0) is 99.0 Å². The Balaban J connectivity index is 1.20. The number of aliphatic hydroxyl groups is 1. The molecule has 2 fully saturated rings. The average molecular weight is 811 g/mol. The molecule has 2 aromatic carbocycles. The number of nitrogens with one attached hydrogen (secondary N) is 1. The second-order valence-electron chi connectivity index (χ2n) is 14.0. The molecule has 0 radical (unpaired) electrons. The predicted molar refractivity (Wildman–Crippen MR) is 185 cm³/mol. The van der Waals surface area contributed by atoms with Crippen LogP contribution in [0.2, 0.25) is 0 Å². The molecular formula is C36H39F9N4O5S. The van der Waals surface area contributed by atoms with Crippen LogP contribution in [0.4, 0.5) is 39.5 Å². The molecule has 1 atom stereocenters. The van der Waals surface area contributed by atoms with Gasteiger partial charge in [0.2, 0.25) is 0 Å². The van der Waals surface area contributed by atoms with Gasteiger partial charge in [0.15, 0.2) is 0 Å². The van der Waals surface area contributed by atoms with E-state index in [0.29, 0.717) is 11.6 Å². The van der Waals surface area contributed by atoms with Gasteiger partial charge in [-0.15, -0.1) is 4.31 Å². The molecule has 2 saturated heterocycles. The smallest absolute Gasteiger partial charge is 0.453 e. The van der Waals surface area contributed by atoms with Crippen LogP contribution in [0.15, 0.2) is 40.7 Å². The number of ether oxygens (including phenoxy) is 1. The molecule has 1 unspecified atom stereocenters. The summed E-state index contributed by atoms with van der Waals surface area (Å²) in [5.74, 6) is -6.78. The Hall–Kier alpha value is -3.81. The summed E-state index contributed by atoms with van der Waals surface area (Å²) in [7, 11) is 0. The van der Waals surface area contributed by atoms with E-state index in [1.165, 1.54) is 5.41 Å². The number of hydrogen-bond acceptors (Lipinski definition) is 7. The number of hydrogen-bond donors (Lipinski definition) is 2. The summed E-state index contributed by atoms with van der Waals surface area (Å²) in [5.41, 5.74) is -1.57. The normalized spacial score (nSPS) is 19.8. The van der Waals surface area contributed by atoms with Crippen LogP contribution in [-0.4, -0.2) is 99.2 Å². The molecule has 9 nitrogen and oxygen atoms in total. The molecule has 2 amide bonds. The van der Waals surface area contributed by atoms with Crippen LogP contribution in [0.5, 0.6) is 5.75 Å². The highest BCUT2D eigenvalue weighted by molar-refractivity contribution is 7.92. The molecule has 0 aliphatic carbocycles. The third kappa shape index (κ3) is 9.43. The highest BCUT2D eigenvalue weighted by Gasteiger charge is 2.56. The predicted octanol–water partition coefficient (Wildman–Crippen LogP) is 6.66. The van der Waals surface area contributed by atoms with E-state index in [9.17, 15) is 58.8 Å². The summed E-state index contributed by atoms with van der Waals surface area (Å²) in [6.45, 7) is 2.63. The lowest BCUT2D eigenvalue weighted by atomic mass is 9.89. The highest BCUT2D eigenvalue weighted by Crippen LogP contribution is 2.41. The number of amidine groups is 1. The van der Waals surface area contributed by atoms with Crippen molar-refractivity contribution >= 4 is 35.1 Å². The van der Waals surface area contributed by atoms with Crippen molar-refractivity contribution in [3.05, 3.63) is 69.1 Å². The fraction of sp³-hybridized carbons (Fsp3) is 0.528. The zero-order valence-electron chi connectivity index (χ0n) is 29.8. The monoisotopic (exact) mass is 810 g/mol. The van der Waals surface area contributed by atoms with Gasteiger partial charge in [0.25, 0.3) is 11.8 Å². The van der Waals surface area contributed by atoms with E-state index in [2.05, 4.69) is 10.3 Å². The minimum atomic E-state index is -5.80. The van der Waals surface area contributed by atoms with Gasteiger partial charge in [0.1, 0.15) is 29.2 Å². The Labute approximate surface area is 313 Å². The SMILES string of the molecule is Cc1cc(C(=O)N2CCC(O)(CF)CC2)cc(C)c1/C=C/[S+]([O-])N1CCC2(CC1)N=C(c1ccc(OCCCC(F)(F)C(F)(F)F)c(C(F)(F)F)c1)NC2=O. The Morgan fingerprint density at radius 3 is 2.18 bits per heavy atom. The van der Waals surface area contributed by atoms with E-state index in [4.69, 9.17) is 4.74 Å². The van der Waals surface area contributed by atoms with E-state index in [1.807, 2.05) is 0 Å². The maximum absolute atomic E-state index is 13.9. The molecule has 1 spiro atoms. The molecule has 55 heavy (non-hydrogen) atoms. The van der Waals surface area contributed by atoms with E-state index in [-0.39, 0.29) is 69.2 Å². The van der Waals surface area contributed by atoms with E-state index in [1.54, 1.807) is 41.3 Å². The Bertz CT molecular complexity index is 1800. The summed E-state index contributed by atoms with van der Waals surface area (Å²) >= 11 is -1.64. The zero-order valence-corrected chi connectivity index (χ0v) is 30.6. The number of halogens is 9. The van der Waals surface area contributed by atoms with Crippen LogP contribution in [-0.2, 0) is 22.3 Å². The molecule has 3 aliphatic rings. The minimum Gasteiger partial charge on any atom is -0.593 e. The van der Waals surface area contributed by atoms with Crippen molar-refractivity contribution < 1.29 is 63.5 Å². The number of likely N-dealkylation sites (tertiary alicyclic amines) is 1. The Morgan fingerprint density at radius 2 is 1.62 bits per heavy atom. The number of carbonyl (C=O) groups excluding carboxylic acids is 2. The van der Waals surface area contributed by atoms with Crippen molar-refractivity contribution in [3.63, 3.8) is 0 Å². The van der Waals surface area contributed by atoms with Crippen molar-refractivity contribution in [3.8, 4) is 5.75 Å². The summed E-state index contributed by atoms with van der Waals surface area (Å²) in [5, 5.41) is 14.1. The van der Waals surface area contributed by atoms with Gasteiger partial charge in [-0.3, -0.25) is 14.6 Å². The first kappa shape index (κ1) is 42.3. The van der Waals surface area contributed by atoms with Crippen LogP contribution in [0, 0.1) is 13.8 Å². The number of benzene rings is 2. The fourth-order valence-corrected chi connectivity index (χ4v) is 7.65. The summed E-state index contributed by atoms with van der Waals surface area (Å²) < 4.78 is 138. The van der Waals surface area contributed by atoms with Gasteiger partial charge >= 0.3 is 18.3 Å². The summed E-state index contributed by atoms with van der Waals surface area (Å²) in [4.78, 5) is 32.2. The number of rotatable bonds is 11. The van der Waals surface area contributed by atoms with Crippen molar-refractivity contribution in [1.29, 1.82) is 0 Å². The molecule has 5 rings (SSSR count). The van der Waals surface area contributed by atoms with E-state index in [0.717, 1.165) is 28.8 Å². The number of carbonyl (C=O) groups is 2. The van der Waals surface area contributed by atoms with Crippen LogP contribution in [0.1, 0.15) is 76.7 Å². The second kappa shape index (κ2) is 16.0. The molecule has 0 saturated carbocycles. The van der Waals surface area contributed by atoms with Gasteiger partial charge in [-0.1, -0.05) is 0 Å². The molecule has 3 heterocycles. The molecular weight excluding hydrogens is 771 g/mol. The fourth-order valence-electron chi connectivity index (χ4n) is 6.69. The van der Waals surface area contributed by atoms with Gasteiger partial charge < -0.3 is 24.6 Å². The van der Waals surface area contributed by atoms with Gasteiger partial charge in [-0.2, -0.15) is 35.1 Å². The van der Waals surface area contributed by atoms with Gasteiger partial charge in [-0.25, -0.2) is 4.39 Å². The first-order chi connectivity index (χ1) is 25.6. The molecule has 2 N–H and O–H groups in total. The Morgan fingerprint density at radius 1 is 1.00 bits per heavy atom. The average Bonchev–Trinajstić information content (AvgIpc) is 3.43. The lowest BCUT2D eigenvalue weighted by molar-refractivity contribution is -0.284. The molecule has 0 bridgehead atoms. The van der Waals surface area contributed by atoms with Crippen molar-refractivity contribution in [2.24, 2.45) is 4.99 Å².